The van der Waals surface area contributed by atoms with Crippen LogP contribution >= 0.6 is 11.3 Å². The Hall–Kier alpha value is -1.39. The SMILES string of the molecule is Cc1nc(COc2cccc3c2CCCC3N)sc1C. The van der Waals surface area contributed by atoms with Gasteiger partial charge in [0, 0.05) is 10.9 Å². The average Bonchev–Trinajstić information content (AvgIpc) is 2.76. The van der Waals surface area contributed by atoms with Crippen molar-refractivity contribution in [3.63, 3.8) is 0 Å². The van der Waals surface area contributed by atoms with Crippen LogP contribution < -0.4 is 10.5 Å². The minimum Gasteiger partial charge on any atom is -0.486 e. The van der Waals surface area contributed by atoms with Crippen molar-refractivity contribution in [1.29, 1.82) is 0 Å². The summed E-state index contributed by atoms with van der Waals surface area (Å²) in [5, 5.41) is 1.04. The van der Waals surface area contributed by atoms with Gasteiger partial charge in [-0.1, -0.05) is 12.1 Å². The molecule has 3 rings (SSSR count). The highest BCUT2D eigenvalue weighted by molar-refractivity contribution is 7.11. The van der Waals surface area contributed by atoms with Crippen LogP contribution in [0.1, 0.15) is 45.6 Å². The molecule has 1 aliphatic carbocycles. The highest BCUT2D eigenvalue weighted by atomic mass is 32.1. The van der Waals surface area contributed by atoms with Gasteiger partial charge in [0.05, 0.1) is 5.69 Å². The van der Waals surface area contributed by atoms with E-state index >= 15 is 0 Å². The van der Waals surface area contributed by atoms with Crippen LogP contribution in [0.3, 0.4) is 0 Å². The molecule has 0 spiro atoms. The van der Waals surface area contributed by atoms with E-state index in [0.717, 1.165) is 35.7 Å². The van der Waals surface area contributed by atoms with Gasteiger partial charge in [0.1, 0.15) is 17.4 Å². The number of hydrogen-bond acceptors (Lipinski definition) is 4. The third-order valence-electron chi connectivity index (χ3n) is 3.93. The van der Waals surface area contributed by atoms with E-state index in [1.165, 1.54) is 16.0 Å². The number of rotatable bonds is 3. The van der Waals surface area contributed by atoms with Crippen LogP contribution in [0.4, 0.5) is 0 Å². The van der Waals surface area contributed by atoms with Crippen molar-refractivity contribution in [2.24, 2.45) is 5.73 Å². The number of aryl methyl sites for hydroxylation is 2. The number of fused-ring (bicyclic) bond motifs is 1. The molecule has 2 N–H and O–H groups in total. The van der Waals surface area contributed by atoms with Gasteiger partial charge in [-0.05, 0) is 50.3 Å². The Bertz CT molecular complexity index is 601. The largest absolute Gasteiger partial charge is 0.486 e. The molecule has 3 nitrogen and oxygen atoms in total. The summed E-state index contributed by atoms with van der Waals surface area (Å²) in [6.07, 6.45) is 3.28. The molecule has 2 aromatic rings. The van der Waals surface area contributed by atoms with Gasteiger partial charge in [0.25, 0.3) is 0 Å². The molecule has 1 atom stereocenters. The van der Waals surface area contributed by atoms with Crippen LogP contribution in [0.5, 0.6) is 5.75 Å². The molecule has 0 radical (unpaired) electrons. The molecule has 0 aliphatic heterocycles. The lowest BCUT2D eigenvalue weighted by Crippen LogP contribution is -2.18. The molecule has 1 aliphatic rings. The van der Waals surface area contributed by atoms with Crippen molar-refractivity contribution in [3.8, 4) is 5.75 Å². The van der Waals surface area contributed by atoms with E-state index in [-0.39, 0.29) is 6.04 Å². The standard InChI is InChI=1S/C16H20N2OS/c1-10-11(2)20-16(18-10)9-19-15-8-4-5-12-13(15)6-3-7-14(12)17/h4-5,8,14H,3,6-7,9,17H2,1-2H3. The Morgan fingerprint density at radius 1 is 1.40 bits per heavy atom. The lowest BCUT2D eigenvalue weighted by atomic mass is 9.88. The van der Waals surface area contributed by atoms with Gasteiger partial charge >= 0.3 is 0 Å². The monoisotopic (exact) mass is 288 g/mol. The number of thiazole rings is 1. The second kappa shape index (κ2) is 5.54. The lowest BCUT2D eigenvalue weighted by Gasteiger charge is -2.24. The highest BCUT2D eigenvalue weighted by Crippen LogP contribution is 2.34. The normalized spacial score (nSPS) is 17.9. The molecular formula is C16H20N2OS. The molecule has 0 saturated carbocycles. The summed E-state index contributed by atoms with van der Waals surface area (Å²) < 4.78 is 6.00. The molecule has 0 saturated heterocycles. The molecule has 106 valence electrons. The first kappa shape index (κ1) is 13.6. The van der Waals surface area contributed by atoms with E-state index in [1.807, 2.05) is 19.1 Å². The van der Waals surface area contributed by atoms with Crippen LogP contribution in [0, 0.1) is 13.8 Å². The Labute approximate surface area is 123 Å². The molecule has 1 aromatic heterocycles. The maximum Gasteiger partial charge on any atom is 0.140 e. The smallest absolute Gasteiger partial charge is 0.140 e. The van der Waals surface area contributed by atoms with Crippen molar-refractivity contribution in [2.75, 3.05) is 0 Å². The third kappa shape index (κ3) is 2.58. The number of benzene rings is 1. The number of hydrogen-bond donors (Lipinski definition) is 1. The summed E-state index contributed by atoms with van der Waals surface area (Å²) in [4.78, 5) is 5.79. The minimum absolute atomic E-state index is 0.159. The van der Waals surface area contributed by atoms with Gasteiger partial charge in [-0.25, -0.2) is 4.98 Å². The molecule has 4 heteroatoms. The second-order valence-corrected chi connectivity index (χ2v) is 6.65. The van der Waals surface area contributed by atoms with Gasteiger partial charge < -0.3 is 10.5 Å². The number of aromatic nitrogens is 1. The van der Waals surface area contributed by atoms with Gasteiger partial charge in [-0.2, -0.15) is 0 Å². The Morgan fingerprint density at radius 3 is 3.00 bits per heavy atom. The summed E-state index contributed by atoms with van der Waals surface area (Å²) >= 11 is 1.71. The third-order valence-corrected chi connectivity index (χ3v) is 4.98. The molecule has 0 amide bonds. The summed E-state index contributed by atoms with van der Waals surface area (Å²) in [6.45, 7) is 4.68. The lowest BCUT2D eigenvalue weighted by molar-refractivity contribution is 0.299. The van der Waals surface area contributed by atoms with E-state index in [0.29, 0.717) is 6.61 Å². The zero-order chi connectivity index (χ0) is 14.1. The predicted molar refractivity (Wildman–Crippen MR) is 82.2 cm³/mol. The van der Waals surface area contributed by atoms with Gasteiger partial charge in [0.2, 0.25) is 0 Å². The quantitative estimate of drug-likeness (QED) is 0.937. The number of ether oxygens (including phenoxy) is 1. The summed E-state index contributed by atoms with van der Waals surface area (Å²) in [5.74, 6) is 0.975. The second-order valence-electron chi connectivity index (χ2n) is 5.36. The summed E-state index contributed by atoms with van der Waals surface area (Å²) in [6, 6.07) is 6.37. The van der Waals surface area contributed by atoms with E-state index < -0.39 is 0 Å². The number of nitrogens with two attached hydrogens (primary N) is 1. The molecule has 1 heterocycles. The first-order chi connectivity index (χ1) is 9.65. The van der Waals surface area contributed by atoms with E-state index in [4.69, 9.17) is 10.5 Å². The molecule has 0 bridgehead atoms. The fourth-order valence-electron chi connectivity index (χ4n) is 2.73. The fourth-order valence-corrected chi connectivity index (χ4v) is 3.57. The van der Waals surface area contributed by atoms with Crippen LogP contribution in [0.15, 0.2) is 18.2 Å². The molecular weight excluding hydrogens is 268 g/mol. The van der Waals surface area contributed by atoms with Crippen molar-refractivity contribution in [2.45, 2.75) is 45.8 Å². The molecule has 0 fully saturated rings. The maximum atomic E-state index is 6.18. The van der Waals surface area contributed by atoms with Crippen molar-refractivity contribution >= 4 is 11.3 Å². The van der Waals surface area contributed by atoms with Gasteiger partial charge in [-0.3, -0.25) is 0 Å². The Balaban J connectivity index is 1.79. The van der Waals surface area contributed by atoms with Gasteiger partial charge in [-0.15, -0.1) is 11.3 Å². The Morgan fingerprint density at radius 2 is 2.25 bits per heavy atom. The minimum atomic E-state index is 0.159. The topological polar surface area (TPSA) is 48.1 Å². The number of nitrogens with zero attached hydrogens (tertiary/aromatic N) is 1. The predicted octanol–water partition coefficient (Wildman–Crippen LogP) is 3.68. The zero-order valence-electron chi connectivity index (χ0n) is 12.0. The van der Waals surface area contributed by atoms with Crippen molar-refractivity contribution < 1.29 is 4.74 Å². The summed E-state index contributed by atoms with van der Waals surface area (Å²) in [7, 11) is 0. The molecule has 20 heavy (non-hydrogen) atoms. The summed E-state index contributed by atoms with van der Waals surface area (Å²) in [5.41, 5.74) is 9.82. The molecule has 1 unspecified atom stereocenters. The van der Waals surface area contributed by atoms with Crippen molar-refractivity contribution in [1.82, 2.24) is 4.98 Å². The Kier molecular flexibility index (Phi) is 3.76. The van der Waals surface area contributed by atoms with E-state index in [2.05, 4.69) is 18.0 Å². The van der Waals surface area contributed by atoms with E-state index in [9.17, 15) is 0 Å². The highest BCUT2D eigenvalue weighted by Gasteiger charge is 2.20. The van der Waals surface area contributed by atoms with Crippen LogP contribution in [-0.2, 0) is 13.0 Å². The van der Waals surface area contributed by atoms with Crippen LogP contribution in [0.2, 0.25) is 0 Å². The van der Waals surface area contributed by atoms with Crippen LogP contribution in [0.25, 0.3) is 0 Å². The zero-order valence-corrected chi connectivity index (χ0v) is 12.8. The van der Waals surface area contributed by atoms with Crippen molar-refractivity contribution in [3.05, 3.63) is 44.9 Å². The fraction of sp³-hybridized carbons (Fsp3) is 0.438. The molecule has 1 aromatic carbocycles. The average molecular weight is 288 g/mol. The van der Waals surface area contributed by atoms with E-state index in [1.54, 1.807) is 11.3 Å². The maximum absolute atomic E-state index is 6.18. The first-order valence-electron chi connectivity index (χ1n) is 7.08. The first-order valence-corrected chi connectivity index (χ1v) is 7.90. The van der Waals surface area contributed by atoms with Crippen LogP contribution in [-0.4, -0.2) is 4.98 Å². The van der Waals surface area contributed by atoms with Gasteiger partial charge in [0.15, 0.2) is 0 Å².